The van der Waals surface area contributed by atoms with Crippen molar-refractivity contribution in [2.24, 2.45) is 0 Å². The van der Waals surface area contributed by atoms with Gasteiger partial charge >= 0.3 is 0 Å². The molecule has 0 aliphatic rings. The second-order valence-corrected chi connectivity index (χ2v) is 4.32. The number of unbranched alkanes of at least 4 members (excludes halogenated alkanes) is 1. The highest BCUT2D eigenvalue weighted by Gasteiger charge is 2.02. The molecule has 0 spiro atoms. The van der Waals surface area contributed by atoms with Crippen molar-refractivity contribution in [3.05, 3.63) is 34.4 Å². The van der Waals surface area contributed by atoms with E-state index in [0.717, 1.165) is 19.5 Å². The largest absolute Gasteiger partial charge is 0.313 e. The van der Waals surface area contributed by atoms with Crippen molar-refractivity contribution in [2.45, 2.75) is 40.2 Å². The van der Waals surface area contributed by atoms with Crippen molar-refractivity contribution in [1.82, 2.24) is 5.32 Å². The van der Waals surface area contributed by atoms with Crippen molar-refractivity contribution >= 4 is 0 Å². The van der Waals surface area contributed by atoms with Crippen molar-refractivity contribution < 1.29 is 0 Å². The third-order valence-corrected chi connectivity index (χ3v) is 2.78. The molecular weight excluding hydrogens is 196 g/mol. The molecule has 0 bridgehead atoms. The maximum absolute atomic E-state index is 8.42. The summed E-state index contributed by atoms with van der Waals surface area (Å²) < 4.78 is 0. The molecule has 0 unspecified atom stereocenters. The molecule has 1 N–H and O–H groups in total. The normalized spacial score (nSPS) is 10.1. The number of nitrogens with zero attached hydrogens (tertiary/aromatic N) is 1. The number of benzene rings is 1. The number of nitriles is 1. The minimum atomic E-state index is 0.638. The first-order valence-electron chi connectivity index (χ1n) is 5.79. The number of rotatable bonds is 5. The Hall–Kier alpha value is -1.33. The fourth-order valence-corrected chi connectivity index (χ4v) is 1.99. The fraction of sp³-hybridized carbons (Fsp3) is 0.500. The van der Waals surface area contributed by atoms with E-state index in [9.17, 15) is 0 Å². The summed E-state index contributed by atoms with van der Waals surface area (Å²) in [6.07, 6.45) is 1.57. The van der Waals surface area contributed by atoms with Crippen molar-refractivity contribution in [3.63, 3.8) is 0 Å². The van der Waals surface area contributed by atoms with Crippen LogP contribution in [-0.4, -0.2) is 6.54 Å². The average molecular weight is 216 g/mol. The molecule has 16 heavy (non-hydrogen) atoms. The van der Waals surface area contributed by atoms with Crippen LogP contribution in [0.4, 0.5) is 0 Å². The van der Waals surface area contributed by atoms with Crippen molar-refractivity contribution in [3.8, 4) is 6.07 Å². The van der Waals surface area contributed by atoms with Crippen molar-refractivity contribution in [1.29, 1.82) is 5.26 Å². The van der Waals surface area contributed by atoms with Crippen LogP contribution in [0.1, 0.15) is 35.1 Å². The summed E-state index contributed by atoms with van der Waals surface area (Å²) >= 11 is 0. The van der Waals surface area contributed by atoms with Crippen LogP contribution >= 0.6 is 0 Å². The van der Waals surface area contributed by atoms with Gasteiger partial charge in [0.25, 0.3) is 0 Å². The van der Waals surface area contributed by atoms with Gasteiger partial charge < -0.3 is 5.32 Å². The van der Waals surface area contributed by atoms with Crippen LogP contribution in [0, 0.1) is 32.1 Å². The third-order valence-electron chi connectivity index (χ3n) is 2.78. The van der Waals surface area contributed by atoms with E-state index in [1.807, 2.05) is 0 Å². The summed E-state index contributed by atoms with van der Waals surface area (Å²) in [6.45, 7) is 8.27. The highest BCUT2D eigenvalue weighted by molar-refractivity contribution is 5.37. The molecule has 2 heteroatoms. The Balaban J connectivity index is 2.51. The maximum Gasteiger partial charge on any atom is 0.0622 e. The monoisotopic (exact) mass is 216 g/mol. The Kier molecular flexibility index (Phi) is 5.01. The highest BCUT2D eigenvalue weighted by Crippen LogP contribution is 2.15. The Labute approximate surface area is 98.3 Å². The number of hydrogen-bond donors (Lipinski definition) is 1. The van der Waals surface area contributed by atoms with Crippen LogP contribution in [0.25, 0.3) is 0 Å². The topological polar surface area (TPSA) is 35.8 Å². The van der Waals surface area contributed by atoms with Crippen LogP contribution in [0.15, 0.2) is 12.1 Å². The summed E-state index contributed by atoms with van der Waals surface area (Å²) in [6, 6.07) is 6.60. The van der Waals surface area contributed by atoms with E-state index in [-0.39, 0.29) is 0 Å². The summed E-state index contributed by atoms with van der Waals surface area (Å²) in [4.78, 5) is 0. The van der Waals surface area contributed by atoms with E-state index in [2.05, 4.69) is 44.3 Å². The second kappa shape index (κ2) is 6.30. The minimum absolute atomic E-state index is 0.638. The zero-order valence-electron chi connectivity index (χ0n) is 10.4. The van der Waals surface area contributed by atoms with Crippen LogP contribution in [0.3, 0.4) is 0 Å². The molecule has 0 saturated heterocycles. The Morgan fingerprint density at radius 1 is 1.19 bits per heavy atom. The van der Waals surface area contributed by atoms with Crippen LogP contribution in [-0.2, 0) is 6.54 Å². The molecule has 1 aromatic carbocycles. The van der Waals surface area contributed by atoms with E-state index < -0.39 is 0 Å². The first kappa shape index (κ1) is 12.7. The Morgan fingerprint density at radius 2 is 1.81 bits per heavy atom. The van der Waals surface area contributed by atoms with Gasteiger partial charge in [-0.3, -0.25) is 0 Å². The lowest BCUT2D eigenvalue weighted by Crippen LogP contribution is -2.16. The molecule has 1 rings (SSSR count). The van der Waals surface area contributed by atoms with Gasteiger partial charge in [-0.05, 0) is 50.4 Å². The SMILES string of the molecule is Cc1cc(C)c(CNCCCC#N)c(C)c1. The van der Waals surface area contributed by atoms with E-state index in [4.69, 9.17) is 5.26 Å². The molecule has 86 valence electrons. The average Bonchev–Trinajstić information content (AvgIpc) is 2.20. The van der Waals surface area contributed by atoms with Crippen LogP contribution in [0.5, 0.6) is 0 Å². The van der Waals surface area contributed by atoms with Gasteiger partial charge in [0, 0.05) is 13.0 Å². The molecule has 0 fully saturated rings. The molecule has 2 nitrogen and oxygen atoms in total. The van der Waals surface area contributed by atoms with Gasteiger partial charge in [0.05, 0.1) is 6.07 Å². The lowest BCUT2D eigenvalue weighted by Gasteiger charge is -2.12. The van der Waals surface area contributed by atoms with Crippen molar-refractivity contribution in [2.75, 3.05) is 6.54 Å². The van der Waals surface area contributed by atoms with Gasteiger partial charge in [-0.2, -0.15) is 5.26 Å². The fourth-order valence-electron chi connectivity index (χ4n) is 1.99. The van der Waals surface area contributed by atoms with Gasteiger partial charge in [0.15, 0.2) is 0 Å². The van der Waals surface area contributed by atoms with Gasteiger partial charge in [0.2, 0.25) is 0 Å². The summed E-state index contributed by atoms with van der Waals surface area (Å²) in [5.74, 6) is 0. The Morgan fingerprint density at radius 3 is 2.38 bits per heavy atom. The standard InChI is InChI=1S/C14H20N2/c1-11-8-12(2)14(13(3)9-11)10-16-7-5-4-6-15/h8-9,16H,4-5,7,10H2,1-3H3. The van der Waals surface area contributed by atoms with Gasteiger partial charge in [-0.15, -0.1) is 0 Å². The summed E-state index contributed by atoms with van der Waals surface area (Å²) in [5, 5.41) is 11.8. The maximum atomic E-state index is 8.42. The van der Waals surface area contributed by atoms with Crippen LogP contribution < -0.4 is 5.32 Å². The van der Waals surface area contributed by atoms with Crippen LogP contribution in [0.2, 0.25) is 0 Å². The minimum Gasteiger partial charge on any atom is -0.313 e. The van der Waals surface area contributed by atoms with E-state index in [1.54, 1.807) is 0 Å². The first-order valence-corrected chi connectivity index (χ1v) is 5.79. The second-order valence-electron chi connectivity index (χ2n) is 4.32. The smallest absolute Gasteiger partial charge is 0.0622 e. The van der Waals surface area contributed by atoms with Gasteiger partial charge in [-0.1, -0.05) is 17.7 Å². The molecule has 0 atom stereocenters. The highest BCUT2D eigenvalue weighted by atomic mass is 14.8. The molecule has 0 heterocycles. The van der Waals surface area contributed by atoms with Gasteiger partial charge in [-0.25, -0.2) is 0 Å². The number of nitrogens with one attached hydrogen (secondary N) is 1. The predicted molar refractivity (Wildman–Crippen MR) is 67.2 cm³/mol. The third kappa shape index (κ3) is 3.67. The molecule has 0 saturated carbocycles. The zero-order valence-corrected chi connectivity index (χ0v) is 10.4. The molecule has 0 radical (unpaired) electrons. The Bertz CT molecular complexity index is 365. The predicted octanol–water partition coefficient (Wildman–Crippen LogP) is 3.01. The summed E-state index contributed by atoms with van der Waals surface area (Å²) in [5.41, 5.74) is 5.42. The quantitative estimate of drug-likeness (QED) is 0.768. The van der Waals surface area contributed by atoms with Gasteiger partial charge in [0.1, 0.15) is 0 Å². The molecule has 0 aliphatic heterocycles. The lowest BCUT2D eigenvalue weighted by molar-refractivity contribution is 0.653. The molecule has 1 aromatic rings. The summed E-state index contributed by atoms with van der Waals surface area (Å²) in [7, 11) is 0. The van der Waals surface area contributed by atoms with E-state index in [1.165, 1.54) is 22.3 Å². The van der Waals surface area contributed by atoms with E-state index in [0.29, 0.717) is 6.42 Å². The number of hydrogen-bond acceptors (Lipinski definition) is 2. The number of aryl methyl sites for hydroxylation is 3. The molecule has 0 amide bonds. The molecule has 0 aliphatic carbocycles. The zero-order chi connectivity index (χ0) is 12.0. The van der Waals surface area contributed by atoms with E-state index >= 15 is 0 Å². The lowest BCUT2D eigenvalue weighted by atomic mass is 10.00. The molecular formula is C14H20N2. The molecule has 0 aromatic heterocycles. The first-order chi connectivity index (χ1) is 7.65.